The molecule has 0 bridgehead atoms. The van der Waals surface area contributed by atoms with E-state index in [0.717, 1.165) is 0 Å². The fraction of sp³-hybridized carbons (Fsp3) is 0.417. The molecular weight excluding hydrogens is 334 g/mol. The van der Waals surface area contributed by atoms with Crippen LogP contribution in [0.5, 0.6) is 0 Å². The third-order valence-electron chi connectivity index (χ3n) is 2.92. The van der Waals surface area contributed by atoms with Crippen molar-refractivity contribution in [2.24, 2.45) is 5.92 Å². The fourth-order valence-electron chi connectivity index (χ4n) is 1.95. The first kappa shape index (κ1) is 16.7. The lowest BCUT2D eigenvalue weighted by atomic mass is 10.1. The van der Waals surface area contributed by atoms with Crippen molar-refractivity contribution in [2.45, 2.75) is 31.2 Å². The van der Waals surface area contributed by atoms with Gasteiger partial charge in [-0.1, -0.05) is 25.4 Å². The molecule has 0 saturated heterocycles. The summed E-state index contributed by atoms with van der Waals surface area (Å²) in [6, 6.07) is 1.32. The van der Waals surface area contributed by atoms with E-state index >= 15 is 0 Å². The minimum Gasteiger partial charge on any atom is -0.480 e. The zero-order chi connectivity index (χ0) is 16.5. The molecule has 22 heavy (non-hydrogen) atoms. The van der Waals surface area contributed by atoms with Gasteiger partial charge >= 0.3 is 5.97 Å². The summed E-state index contributed by atoms with van der Waals surface area (Å²) in [5, 5.41) is 16.4. The van der Waals surface area contributed by atoms with Gasteiger partial charge in [-0.15, -0.1) is 0 Å². The molecule has 0 spiro atoms. The molecule has 0 amide bonds. The molecule has 1 atom stereocenters. The summed E-state index contributed by atoms with van der Waals surface area (Å²) in [5.74, 6) is -1.25. The lowest BCUT2D eigenvalue weighted by Gasteiger charge is -2.16. The Bertz CT molecular complexity index is 802. The van der Waals surface area contributed by atoms with Crippen LogP contribution in [-0.2, 0) is 14.8 Å². The van der Waals surface area contributed by atoms with E-state index < -0.39 is 22.0 Å². The van der Waals surface area contributed by atoms with Gasteiger partial charge in [0.2, 0.25) is 10.0 Å². The monoisotopic (exact) mass is 347 g/mol. The lowest BCUT2D eigenvalue weighted by Crippen LogP contribution is -2.41. The second-order valence-corrected chi connectivity index (χ2v) is 7.24. The average molecular weight is 348 g/mol. The number of benzene rings is 1. The highest BCUT2D eigenvalue weighted by Crippen LogP contribution is 2.26. The smallest absolute Gasteiger partial charge is 0.321 e. The normalized spacial score (nSPS) is 13.6. The number of fused-ring (bicyclic) bond motifs is 1. The SMILES string of the molecule is CC(C)CC(NS(=O)(=O)c1ccc(Cl)c2nonc12)C(=O)O. The van der Waals surface area contributed by atoms with Gasteiger partial charge in [0.25, 0.3) is 0 Å². The largest absolute Gasteiger partial charge is 0.480 e. The molecule has 1 aromatic carbocycles. The molecule has 2 aromatic rings. The van der Waals surface area contributed by atoms with Gasteiger partial charge in [0.05, 0.1) is 5.02 Å². The molecule has 0 aliphatic carbocycles. The molecule has 1 heterocycles. The Labute approximate surface area is 131 Å². The van der Waals surface area contributed by atoms with Crippen LogP contribution in [0.15, 0.2) is 21.7 Å². The summed E-state index contributed by atoms with van der Waals surface area (Å²) in [6.07, 6.45) is 0.155. The molecule has 8 nitrogen and oxygen atoms in total. The van der Waals surface area contributed by atoms with E-state index in [9.17, 15) is 13.2 Å². The molecule has 0 aliphatic rings. The summed E-state index contributed by atoms with van der Waals surface area (Å²) in [5.41, 5.74) is 0.0500. The molecule has 2 rings (SSSR count). The Morgan fingerprint density at radius 3 is 2.59 bits per heavy atom. The van der Waals surface area contributed by atoms with Crippen LogP contribution in [0.4, 0.5) is 0 Å². The second-order valence-electron chi connectivity index (χ2n) is 5.15. The van der Waals surface area contributed by atoms with Crippen molar-refractivity contribution in [1.29, 1.82) is 0 Å². The number of halogens is 1. The highest BCUT2D eigenvalue weighted by Gasteiger charge is 2.29. The van der Waals surface area contributed by atoms with E-state index in [1.807, 2.05) is 0 Å². The summed E-state index contributed by atoms with van der Waals surface area (Å²) >= 11 is 5.87. The zero-order valence-corrected chi connectivity index (χ0v) is 13.3. The highest BCUT2D eigenvalue weighted by molar-refractivity contribution is 7.89. The molecule has 1 aromatic heterocycles. The average Bonchev–Trinajstić information content (AvgIpc) is 2.87. The van der Waals surface area contributed by atoms with Crippen LogP contribution in [0, 0.1) is 5.92 Å². The number of carboxylic acid groups (broad SMARTS) is 1. The van der Waals surface area contributed by atoms with Crippen molar-refractivity contribution in [3.8, 4) is 0 Å². The van der Waals surface area contributed by atoms with Crippen LogP contribution in [0.1, 0.15) is 20.3 Å². The quantitative estimate of drug-likeness (QED) is 0.814. The number of aromatic nitrogens is 2. The van der Waals surface area contributed by atoms with Crippen molar-refractivity contribution in [3.63, 3.8) is 0 Å². The number of hydrogen-bond donors (Lipinski definition) is 2. The minimum absolute atomic E-state index is 0.00255. The first-order chi connectivity index (χ1) is 10.2. The predicted octanol–water partition coefficient (Wildman–Crippen LogP) is 1.65. The number of nitrogens with one attached hydrogen (secondary N) is 1. The molecule has 2 N–H and O–H groups in total. The number of hydrogen-bond acceptors (Lipinski definition) is 6. The molecule has 0 saturated carbocycles. The number of rotatable bonds is 6. The molecular formula is C12H14ClN3O5S. The zero-order valence-electron chi connectivity index (χ0n) is 11.8. The van der Waals surface area contributed by atoms with E-state index in [1.165, 1.54) is 12.1 Å². The number of nitrogens with zero attached hydrogens (tertiary/aromatic N) is 2. The van der Waals surface area contributed by atoms with E-state index in [2.05, 4.69) is 19.7 Å². The fourth-order valence-corrected chi connectivity index (χ4v) is 3.47. The Kier molecular flexibility index (Phi) is 4.69. The third-order valence-corrected chi connectivity index (χ3v) is 4.73. The molecule has 1 unspecified atom stereocenters. The molecule has 10 heteroatoms. The van der Waals surface area contributed by atoms with Crippen molar-refractivity contribution in [2.75, 3.05) is 0 Å². The Morgan fingerprint density at radius 1 is 1.36 bits per heavy atom. The first-order valence-electron chi connectivity index (χ1n) is 6.38. The van der Waals surface area contributed by atoms with Crippen LogP contribution < -0.4 is 4.72 Å². The van der Waals surface area contributed by atoms with Crippen LogP contribution in [0.25, 0.3) is 11.0 Å². The lowest BCUT2D eigenvalue weighted by molar-refractivity contribution is -0.139. The summed E-state index contributed by atoms with van der Waals surface area (Å²) < 4.78 is 31.5. The van der Waals surface area contributed by atoms with Gasteiger partial charge in [0.15, 0.2) is 11.0 Å². The maximum atomic E-state index is 12.4. The first-order valence-corrected chi connectivity index (χ1v) is 8.24. The van der Waals surface area contributed by atoms with Gasteiger partial charge in [0, 0.05) is 0 Å². The van der Waals surface area contributed by atoms with Crippen molar-refractivity contribution < 1.29 is 22.9 Å². The number of aliphatic carboxylic acids is 1. The van der Waals surface area contributed by atoms with Crippen molar-refractivity contribution >= 4 is 38.6 Å². The molecule has 0 aliphatic heterocycles. The summed E-state index contributed by atoms with van der Waals surface area (Å²) in [7, 11) is -4.12. The van der Waals surface area contributed by atoms with Gasteiger partial charge in [-0.25, -0.2) is 13.0 Å². The molecule has 120 valence electrons. The van der Waals surface area contributed by atoms with Crippen LogP contribution in [-0.4, -0.2) is 35.8 Å². The summed E-state index contributed by atoms with van der Waals surface area (Å²) in [6.45, 7) is 3.60. The molecule has 0 fully saturated rings. The van der Waals surface area contributed by atoms with Gasteiger partial charge in [-0.05, 0) is 34.8 Å². The van der Waals surface area contributed by atoms with Crippen LogP contribution in [0.3, 0.4) is 0 Å². The standard InChI is InChI=1S/C12H14ClN3O5S/c1-6(2)5-8(12(17)18)16-22(19,20)9-4-3-7(13)10-11(9)15-21-14-10/h3-4,6,8,16H,5H2,1-2H3,(H,17,18). The van der Waals surface area contributed by atoms with E-state index in [0.29, 0.717) is 0 Å². The van der Waals surface area contributed by atoms with E-state index in [-0.39, 0.29) is 33.3 Å². The Morgan fingerprint density at radius 2 is 2.00 bits per heavy atom. The predicted molar refractivity (Wildman–Crippen MR) is 78.0 cm³/mol. The Hall–Kier alpha value is -1.71. The minimum atomic E-state index is -4.12. The van der Waals surface area contributed by atoms with E-state index in [1.54, 1.807) is 13.8 Å². The Balaban J connectivity index is 2.42. The van der Waals surface area contributed by atoms with Crippen molar-refractivity contribution in [3.05, 3.63) is 17.2 Å². The number of sulfonamides is 1. The van der Waals surface area contributed by atoms with Gasteiger partial charge in [0.1, 0.15) is 10.9 Å². The molecule has 0 radical (unpaired) electrons. The number of carbonyl (C=O) groups is 1. The van der Waals surface area contributed by atoms with E-state index in [4.69, 9.17) is 16.7 Å². The van der Waals surface area contributed by atoms with Crippen LogP contribution >= 0.6 is 11.6 Å². The third kappa shape index (κ3) is 3.37. The summed E-state index contributed by atoms with van der Waals surface area (Å²) in [4.78, 5) is 11.0. The van der Waals surface area contributed by atoms with Gasteiger partial charge < -0.3 is 5.11 Å². The van der Waals surface area contributed by atoms with Gasteiger partial charge in [-0.3, -0.25) is 4.79 Å². The van der Waals surface area contributed by atoms with Gasteiger partial charge in [-0.2, -0.15) is 4.72 Å². The van der Waals surface area contributed by atoms with Crippen LogP contribution in [0.2, 0.25) is 5.02 Å². The highest BCUT2D eigenvalue weighted by atomic mass is 35.5. The second kappa shape index (κ2) is 6.19. The topological polar surface area (TPSA) is 122 Å². The maximum absolute atomic E-state index is 12.4. The maximum Gasteiger partial charge on any atom is 0.321 e. The van der Waals surface area contributed by atoms with Crippen molar-refractivity contribution in [1.82, 2.24) is 15.0 Å². The number of carboxylic acids is 1.